The van der Waals surface area contributed by atoms with Crippen LogP contribution in [0.2, 0.25) is 0 Å². The number of hydrogen-bond acceptors (Lipinski definition) is 4. The summed E-state index contributed by atoms with van der Waals surface area (Å²) in [5.74, 6) is 2.79. The molecule has 1 aliphatic heterocycles. The average molecular weight is 269 g/mol. The zero-order valence-electron chi connectivity index (χ0n) is 9.89. The van der Waals surface area contributed by atoms with Crippen LogP contribution in [0.3, 0.4) is 0 Å². The lowest BCUT2D eigenvalue weighted by Crippen LogP contribution is -2.42. The second-order valence-corrected chi connectivity index (χ2v) is 7.32. The summed E-state index contributed by atoms with van der Waals surface area (Å²) in [6.07, 6.45) is 3.61. The molecule has 2 fully saturated rings. The molecule has 0 aromatic carbocycles. The predicted molar refractivity (Wildman–Crippen MR) is 74.7 cm³/mol. The highest BCUT2D eigenvalue weighted by atomic mass is 32.2. The van der Waals surface area contributed by atoms with E-state index >= 15 is 0 Å². The van der Waals surface area contributed by atoms with Crippen molar-refractivity contribution in [3.63, 3.8) is 0 Å². The summed E-state index contributed by atoms with van der Waals surface area (Å²) in [7, 11) is 0. The quantitative estimate of drug-likeness (QED) is 0.862. The zero-order valence-corrected chi connectivity index (χ0v) is 11.5. The highest BCUT2D eigenvalue weighted by Gasteiger charge is 2.36. The summed E-state index contributed by atoms with van der Waals surface area (Å²) in [5.41, 5.74) is -0.463. The predicted octanol–water partition coefficient (Wildman–Crippen LogP) is 2.66. The number of nitrogens with one attached hydrogen (secondary N) is 1. The molecular weight excluding hydrogens is 250 g/mol. The van der Waals surface area contributed by atoms with Crippen molar-refractivity contribution in [2.75, 3.05) is 18.1 Å². The van der Waals surface area contributed by atoms with E-state index in [1.54, 1.807) is 0 Å². The van der Waals surface area contributed by atoms with Gasteiger partial charge in [-0.3, -0.25) is 0 Å². The summed E-state index contributed by atoms with van der Waals surface area (Å²) < 4.78 is 0. The molecule has 2 nitrogen and oxygen atoms in total. The van der Waals surface area contributed by atoms with Gasteiger partial charge in [-0.15, -0.1) is 11.3 Å². The van der Waals surface area contributed by atoms with Crippen LogP contribution >= 0.6 is 23.1 Å². The van der Waals surface area contributed by atoms with Crippen LogP contribution in [0.15, 0.2) is 17.5 Å². The fourth-order valence-electron chi connectivity index (χ4n) is 2.43. The van der Waals surface area contributed by atoms with Gasteiger partial charge in [-0.1, -0.05) is 6.07 Å². The summed E-state index contributed by atoms with van der Waals surface area (Å²) in [6.45, 7) is 0.749. The van der Waals surface area contributed by atoms with E-state index in [-0.39, 0.29) is 0 Å². The van der Waals surface area contributed by atoms with Gasteiger partial charge in [0.25, 0.3) is 0 Å². The Morgan fingerprint density at radius 3 is 3.00 bits per heavy atom. The first kappa shape index (κ1) is 12.0. The molecule has 94 valence electrons. The van der Waals surface area contributed by atoms with Gasteiger partial charge in [0.15, 0.2) is 0 Å². The van der Waals surface area contributed by atoms with Gasteiger partial charge in [-0.2, -0.15) is 11.8 Å². The van der Waals surface area contributed by atoms with E-state index in [1.807, 2.05) is 23.1 Å². The first-order chi connectivity index (χ1) is 8.27. The van der Waals surface area contributed by atoms with E-state index in [0.29, 0.717) is 6.04 Å². The number of aliphatic hydroxyl groups is 1. The molecule has 2 unspecified atom stereocenters. The summed E-state index contributed by atoms with van der Waals surface area (Å²) >= 11 is 3.70. The highest BCUT2D eigenvalue weighted by molar-refractivity contribution is 7.99. The monoisotopic (exact) mass is 269 g/mol. The minimum absolute atomic E-state index is 0.463. The number of thiophene rings is 1. The van der Waals surface area contributed by atoms with Gasteiger partial charge in [-0.05, 0) is 42.4 Å². The Hall–Kier alpha value is -0.0300. The zero-order chi connectivity index (χ0) is 11.7. The molecule has 1 saturated heterocycles. The lowest BCUT2D eigenvalue weighted by molar-refractivity contribution is 0.0638. The third-order valence-corrected chi connectivity index (χ3v) is 5.87. The Bertz CT molecular complexity index is 356. The van der Waals surface area contributed by atoms with Crippen molar-refractivity contribution in [2.24, 2.45) is 5.92 Å². The molecule has 2 atom stereocenters. The molecule has 0 radical (unpaired) electrons. The molecule has 0 spiro atoms. The van der Waals surface area contributed by atoms with Crippen molar-refractivity contribution < 1.29 is 5.11 Å². The Balaban J connectivity index is 1.61. The van der Waals surface area contributed by atoms with Crippen molar-refractivity contribution >= 4 is 23.1 Å². The van der Waals surface area contributed by atoms with Gasteiger partial charge in [0.2, 0.25) is 0 Å². The molecule has 1 aromatic rings. The molecule has 3 rings (SSSR count). The van der Waals surface area contributed by atoms with E-state index in [2.05, 4.69) is 22.8 Å². The van der Waals surface area contributed by atoms with Gasteiger partial charge in [0.1, 0.15) is 0 Å². The minimum Gasteiger partial charge on any atom is -0.388 e. The molecule has 0 bridgehead atoms. The molecular formula is C13H19NOS2. The van der Waals surface area contributed by atoms with E-state index < -0.39 is 5.60 Å². The normalized spacial score (nSPS) is 30.6. The molecule has 2 aliphatic rings. The topological polar surface area (TPSA) is 32.3 Å². The molecule has 2 N–H and O–H groups in total. The van der Waals surface area contributed by atoms with E-state index in [0.717, 1.165) is 30.4 Å². The van der Waals surface area contributed by atoms with E-state index in [4.69, 9.17) is 0 Å². The van der Waals surface area contributed by atoms with Gasteiger partial charge in [0.05, 0.1) is 5.60 Å². The second kappa shape index (κ2) is 4.92. The van der Waals surface area contributed by atoms with Gasteiger partial charge >= 0.3 is 0 Å². The van der Waals surface area contributed by atoms with Crippen LogP contribution < -0.4 is 5.32 Å². The first-order valence-electron chi connectivity index (χ1n) is 6.34. The molecule has 1 aromatic heterocycles. The molecule has 1 aliphatic carbocycles. The first-order valence-corrected chi connectivity index (χ1v) is 8.37. The van der Waals surface area contributed by atoms with Crippen LogP contribution in [0.1, 0.15) is 30.2 Å². The van der Waals surface area contributed by atoms with E-state index in [9.17, 15) is 5.11 Å². The number of thioether (sulfide) groups is 1. The number of hydrogen-bond donors (Lipinski definition) is 2. The van der Waals surface area contributed by atoms with E-state index in [1.165, 1.54) is 17.7 Å². The fourth-order valence-corrected chi connectivity index (χ4v) is 4.62. The van der Waals surface area contributed by atoms with Crippen LogP contribution in [0.25, 0.3) is 0 Å². The van der Waals surface area contributed by atoms with Crippen molar-refractivity contribution in [1.82, 2.24) is 5.32 Å². The Kier molecular flexibility index (Phi) is 3.48. The Labute approximate surface area is 111 Å². The maximum Gasteiger partial charge on any atom is 0.0869 e. The van der Waals surface area contributed by atoms with Crippen LogP contribution in [-0.2, 0) is 0 Å². The summed E-state index contributed by atoms with van der Waals surface area (Å²) in [4.78, 5) is 1.43. The van der Waals surface area contributed by atoms with Crippen molar-refractivity contribution in [2.45, 2.75) is 30.9 Å². The van der Waals surface area contributed by atoms with Gasteiger partial charge in [-0.25, -0.2) is 0 Å². The summed E-state index contributed by atoms with van der Waals surface area (Å²) in [5, 5.41) is 16.1. The Morgan fingerprint density at radius 1 is 1.53 bits per heavy atom. The largest absolute Gasteiger partial charge is 0.388 e. The SMILES string of the molecule is OC1(CNC(c2cccs2)C2CC2)CCSC1. The van der Waals surface area contributed by atoms with Crippen molar-refractivity contribution in [3.8, 4) is 0 Å². The molecule has 4 heteroatoms. The maximum absolute atomic E-state index is 10.4. The molecule has 1 saturated carbocycles. The Morgan fingerprint density at radius 2 is 2.41 bits per heavy atom. The second-order valence-electron chi connectivity index (χ2n) is 5.24. The highest BCUT2D eigenvalue weighted by Crippen LogP contribution is 2.42. The fraction of sp³-hybridized carbons (Fsp3) is 0.692. The van der Waals surface area contributed by atoms with Crippen LogP contribution in [0.5, 0.6) is 0 Å². The van der Waals surface area contributed by atoms with Crippen LogP contribution in [-0.4, -0.2) is 28.8 Å². The average Bonchev–Trinajstić information content (AvgIpc) is 2.84. The van der Waals surface area contributed by atoms with Crippen molar-refractivity contribution in [1.29, 1.82) is 0 Å². The summed E-state index contributed by atoms with van der Waals surface area (Å²) in [6, 6.07) is 4.82. The van der Waals surface area contributed by atoms with Crippen molar-refractivity contribution in [3.05, 3.63) is 22.4 Å². The van der Waals surface area contributed by atoms with Gasteiger partial charge < -0.3 is 10.4 Å². The molecule has 17 heavy (non-hydrogen) atoms. The minimum atomic E-state index is -0.463. The van der Waals surface area contributed by atoms with Gasteiger partial charge in [0, 0.05) is 23.2 Å². The standard InChI is InChI=1S/C13H19NOS2/c15-13(5-7-16-9-13)8-14-12(10-3-4-10)11-2-1-6-17-11/h1-2,6,10,12,14-15H,3-5,7-9H2. The molecule has 2 heterocycles. The lowest BCUT2D eigenvalue weighted by Gasteiger charge is -2.26. The van der Waals surface area contributed by atoms with Crippen LogP contribution in [0, 0.1) is 5.92 Å². The maximum atomic E-state index is 10.4. The molecule has 0 amide bonds. The third-order valence-electron chi connectivity index (χ3n) is 3.68. The number of rotatable bonds is 5. The third kappa shape index (κ3) is 2.87. The van der Waals surface area contributed by atoms with Crippen LogP contribution in [0.4, 0.5) is 0 Å². The lowest BCUT2D eigenvalue weighted by atomic mass is 10.0. The smallest absolute Gasteiger partial charge is 0.0869 e.